The maximum absolute atomic E-state index is 12.5. The molecule has 0 atom stereocenters. The minimum Gasteiger partial charge on any atom is -0.505 e. The van der Waals surface area contributed by atoms with Crippen molar-refractivity contribution in [3.63, 3.8) is 0 Å². The van der Waals surface area contributed by atoms with Gasteiger partial charge < -0.3 is 9.52 Å². The highest BCUT2D eigenvalue weighted by Gasteiger charge is 2.17. The Morgan fingerprint density at radius 3 is 2.46 bits per heavy atom. The highest BCUT2D eigenvalue weighted by atomic mass is 35.5. The molecule has 0 aliphatic heterocycles. The van der Waals surface area contributed by atoms with E-state index in [2.05, 4.69) is 0 Å². The van der Waals surface area contributed by atoms with E-state index in [1.165, 1.54) is 18.2 Å². The summed E-state index contributed by atoms with van der Waals surface area (Å²) in [5, 5.41) is 19.7. The number of para-hydroxylation sites is 1. The largest absolute Gasteiger partial charge is 0.505 e. The van der Waals surface area contributed by atoms with Gasteiger partial charge in [-0.05, 0) is 35.9 Å². The minimum atomic E-state index is -0.547. The number of phenols is 1. The predicted octanol–water partition coefficient (Wildman–Crippen LogP) is 5.24. The summed E-state index contributed by atoms with van der Waals surface area (Å²) < 4.78 is 5.48. The van der Waals surface area contributed by atoms with Crippen molar-refractivity contribution < 1.29 is 14.3 Å². The van der Waals surface area contributed by atoms with Gasteiger partial charge in [-0.25, -0.2) is 0 Å². The highest BCUT2D eigenvalue weighted by Crippen LogP contribution is 2.33. The molecule has 0 spiro atoms. The number of halogens is 2. The summed E-state index contributed by atoms with van der Waals surface area (Å²) in [4.78, 5) is 12.5. The van der Waals surface area contributed by atoms with E-state index in [0.29, 0.717) is 11.1 Å². The van der Waals surface area contributed by atoms with Crippen molar-refractivity contribution in [2.75, 3.05) is 0 Å². The number of ketones is 1. The van der Waals surface area contributed by atoms with E-state index < -0.39 is 5.78 Å². The lowest BCUT2D eigenvalue weighted by atomic mass is 10.1. The fourth-order valence-corrected chi connectivity index (χ4v) is 2.71. The molecule has 1 aromatic heterocycles. The zero-order valence-electron chi connectivity index (χ0n) is 12.1. The van der Waals surface area contributed by atoms with E-state index in [-0.39, 0.29) is 27.1 Å². The van der Waals surface area contributed by atoms with E-state index in [4.69, 9.17) is 27.6 Å². The number of hydrogen-bond donors (Lipinski definition) is 1. The lowest BCUT2D eigenvalue weighted by Gasteiger charge is -2.02. The second-order valence-electron chi connectivity index (χ2n) is 4.98. The Bertz CT molecular complexity index is 972. The average Bonchev–Trinajstić information content (AvgIpc) is 3.01. The van der Waals surface area contributed by atoms with Gasteiger partial charge >= 0.3 is 0 Å². The summed E-state index contributed by atoms with van der Waals surface area (Å²) in [5.41, 5.74) is 0.851. The smallest absolute Gasteiger partial charge is 0.238 e. The van der Waals surface area contributed by atoms with Crippen LogP contribution in [0.25, 0.3) is 17.0 Å². The van der Waals surface area contributed by atoms with Crippen LogP contribution in [-0.4, -0.2) is 10.9 Å². The molecule has 0 amide bonds. The summed E-state index contributed by atoms with van der Waals surface area (Å²) in [5.74, 6) is -0.730. The van der Waals surface area contributed by atoms with Gasteiger partial charge in [-0.3, -0.25) is 4.79 Å². The molecule has 4 nitrogen and oxygen atoms in total. The normalized spacial score (nSPS) is 11.5. The van der Waals surface area contributed by atoms with Gasteiger partial charge in [-0.1, -0.05) is 41.4 Å². The van der Waals surface area contributed by atoms with Crippen molar-refractivity contribution in [2.24, 2.45) is 0 Å². The number of nitriles is 1. The van der Waals surface area contributed by atoms with Crippen LogP contribution in [0.5, 0.6) is 5.75 Å². The number of aromatic hydroxyl groups is 1. The molecular formula is C18H9Cl2NO3. The quantitative estimate of drug-likeness (QED) is 0.395. The number of furan rings is 1. The van der Waals surface area contributed by atoms with Gasteiger partial charge in [0.2, 0.25) is 5.78 Å². The first-order valence-corrected chi connectivity index (χ1v) is 7.58. The number of Topliss-reactive ketones (excluding diaryl/α,β-unsaturated/α-hetero) is 1. The molecular weight excluding hydrogens is 349 g/mol. The molecule has 24 heavy (non-hydrogen) atoms. The van der Waals surface area contributed by atoms with E-state index in [1.54, 1.807) is 18.2 Å². The molecule has 0 saturated carbocycles. The third-order valence-electron chi connectivity index (χ3n) is 3.36. The Morgan fingerprint density at radius 2 is 1.83 bits per heavy atom. The van der Waals surface area contributed by atoms with Crippen LogP contribution >= 0.6 is 23.2 Å². The Labute approximate surface area is 147 Å². The van der Waals surface area contributed by atoms with Crippen LogP contribution in [0.15, 0.2) is 52.5 Å². The zero-order chi connectivity index (χ0) is 17.3. The standard InChI is InChI=1S/C18H9Cl2NO3/c19-13-6-10(7-14(20)18(13)23)5-12(9-21)17(22)16-8-11-3-1-2-4-15(11)24-16/h1-8,23H/b12-5+. The molecule has 0 aliphatic carbocycles. The Morgan fingerprint density at radius 1 is 1.17 bits per heavy atom. The van der Waals surface area contributed by atoms with Gasteiger partial charge in [0.1, 0.15) is 17.2 Å². The van der Waals surface area contributed by atoms with Crippen LogP contribution in [0.1, 0.15) is 16.1 Å². The zero-order valence-corrected chi connectivity index (χ0v) is 13.6. The van der Waals surface area contributed by atoms with Crippen molar-refractivity contribution >= 4 is 46.0 Å². The minimum absolute atomic E-state index is 0.0298. The molecule has 3 rings (SSSR count). The van der Waals surface area contributed by atoms with Crippen molar-refractivity contribution in [3.8, 4) is 11.8 Å². The molecule has 0 unspecified atom stereocenters. The number of carbonyl (C=O) groups is 1. The Balaban J connectivity index is 2.02. The fourth-order valence-electron chi connectivity index (χ4n) is 2.21. The van der Waals surface area contributed by atoms with Crippen molar-refractivity contribution in [3.05, 3.63) is 69.4 Å². The van der Waals surface area contributed by atoms with Crippen LogP contribution in [-0.2, 0) is 0 Å². The van der Waals surface area contributed by atoms with E-state index in [0.717, 1.165) is 5.39 Å². The highest BCUT2D eigenvalue weighted by molar-refractivity contribution is 6.37. The van der Waals surface area contributed by atoms with Gasteiger partial charge in [0.25, 0.3) is 0 Å². The fraction of sp³-hybridized carbons (Fsp3) is 0. The third kappa shape index (κ3) is 3.00. The molecule has 0 bridgehead atoms. The first kappa shape index (κ1) is 16.1. The second-order valence-corrected chi connectivity index (χ2v) is 5.79. The Kier molecular flexibility index (Phi) is 4.30. The van der Waals surface area contributed by atoms with Gasteiger partial charge in [-0.15, -0.1) is 0 Å². The maximum atomic E-state index is 12.5. The van der Waals surface area contributed by atoms with Gasteiger partial charge in [0, 0.05) is 5.39 Å². The van der Waals surface area contributed by atoms with Crippen LogP contribution in [0.4, 0.5) is 0 Å². The predicted molar refractivity (Wildman–Crippen MR) is 92.3 cm³/mol. The summed E-state index contributed by atoms with van der Waals surface area (Å²) in [6.45, 7) is 0. The molecule has 6 heteroatoms. The van der Waals surface area contributed by atoms with Gasteiger partial charge in [0.15, 0.2) is 11.5 Å². The first-order valence-electron chi connectivity index (χ1n) is 6.82. The topological polar surface area (TPSA) is 74.2 Å². The molecule has 0 fully saturated rings. The number of rotatable bonds is 3. The number of carbonyl (C=O) groups excluding carboxylic acids is 1. The SMILES string of the molecule is N#C/C(=C\c1cc(Cl)c(O)c(Cl)c1)C(=O)c1cc2ccccc2o1. The second kappa shape index (κ2) is 6.40. The number of benzene rings is 2. The average molecular weight is 358 g/mol. The van der Waals surface area contributed by atoms with Crippen LogP contribution in [0.2, 0.25) is 10.0 Å². The molecule has 0 saturated heterocycles. The Hall–Kier alpha value is -2.74. The number of phenolic OH excluding ortho intramolecular Hbond substituents is 1. The van der Waals surface area contributed by atoms with Crippen LogP contribution in [0.3, 0.4) is 0 Å². The van der Waals surface area contributed by atoms with E-state index in [1.807, 2.05) is 18.2 Å². The number of allylic oxidation sites excluding steroid dienone is 1. The van der Waals surface area contributed by atoms with Crippen molar-refractivity contribution in [2.45, 2.75) is 0 Å². The van der Waals surface area contributed by atoms with Gasteiger partial charge in [0.05, 0.1) is 10.0 Å². The maximum Gasteiger partial charge on any atom is 0.238 e. The monoisotopic (exact) mass is 357 g/mol. The first-order chi connectivity index (χ1) is 11.5. The summed E-state index contributed by atoms with van der Waals surface area (Å²) >= 11 is 11.7. The molecule has 1 N–H and O–H groups in total. The lowest BCUT2D eigenvalue weighted by Crippen LogP contribution is -2.00. The molecule has 1 heterocycles. The van der Waals surface area contributed by atoms with Crippen LogP contribution < -0.4 is 0 Å². The molecule has 3 aromatic rings. The summed E-state index contributed by atoms with van der Waals surface area (Å²) in [7, 11) is 0. The van der Waals surface area contributed by atoms with E-state index >= 15 is 0 Å². The summed E-state index contributed by atoms with van der Waals surface area (Å²) in [6.07, 6.45) is 1.34. The van der Waals surface area contributed by atoms with E-state index in [9.17, 15) is 15.2 Å². The number of nitrogens with zero attached hydrogens (tertiary/aromatic N) is 1. The third-order valence-corrected chi connectivity index (χ3v) is 3.94. The number of fused-ring (bicyclic) bond motifs is 1. The number of hydrogen-bond acceptors (Lipinski definition) is 4. The van der Waals surface area contributed by atoms with Crippen LogP contribution in [0, 0.1) is 11.3 Å². The molecule has 0 aliphatic rings. The lowest BCUT2D eigenvalue weighted by molar-refractivity contribution is 0.101. The van der Waals surface area contributed by atoms with Gasteiger partial charge in [-0.2, -0.15) is 5.26 Å². The molecule has 118 valence electrons. The summed E-state index contributed by atoms with van der Waals surface area (Å²) in [6, 6.07) is 13.4. The van der Waals surface area contributed by atoms with Crippen molar-refractivity contribution in [1.29, 1.82) is 5.26 Å². The molecule has 2 aromatic carbocycles. The molecule has 0 radical (unpaired) electrons. The van der Waals surface area contributed by atoms with Crippen molar-refractivity contribution in [1.82, 2.24) is 0 Å².